The lowest BCUT2D eigenvalue weighted by molar-refractivity contribution is 0.00159. The van der Waals surface area contributed by atoms with Crippen LogP contribution < -0.4 is 10.6 Å². The van der Waals surface area contributed by atoms with Crippen LogP contribution in [0, 0.1) is 11.3 Å². The molecule has 5 nitrogen and oxygen atoms in total. The average molecular weight is 270 g/mol. The highest BCUT2D eigenvalue weighted by Gasteiger charge is 2.43. The summed E-state index contributed by atoms with van der Waals surface area (Å²) in [6, 6.07) is 0. The Kier molecular flexibility index (Phi) is 4.36. The van der Waals surface area contributed by atoms with Gasteiger partial charge in [-0.15, -0.1) is 0 Å². The monoisotopic (exact) mass is 270 g/mol. The fourth-order valence-corrected chi connectivity index (χ4v) is 3.03. The van der Waals surface area contributed by atoms with E-state index in [4.69, 9.17) is 9.47 Å². The van der Waals surface area contributed by atoms with E-state index in [1.54, 1.807) is 0 Å². The molecule has 1 unspecified atom stereocenters. The summed E-state index contributed by atoms with van der Waals surface area (Å²) in [6.45, 7) is 10.0. The molecule has 0 aliphatic carbocycles. The zero-order valence-electron chi connectivity index (χ0n) is 12.3. The van der Waals surface area contributed by atoms with Crippen molar-refractivity contribution in [1.29, 1.82) is 0 Å². The van der Waals surface area contributed by atoms with E-state index in [1.807, 2.05) is 20.8 Å². The molecule has 19 heavy (non-hydrogen) atoms. The summed E-state index contributed by atoms with van der Waals surface area (Å²) in [5.74, 6) is 0.476. The van der Waals surface area contributed by atoms with Gasteiger partial charge in [0.05, 0.1) is 0 Å². The number of amides is 1. The second kappa shape index (κ2) is 5.67. The third kappa shape index (κ3) is 3.83. The van der Waals surface area contributed by atoms with E-state index in [1.165, 1.54) is 0 Å². The van der Waals surface area contributed by atoms with E-state index < -0.39 is 5.60 Å². The molecule has 2 aliphatic heterocycles. The Morgan fingerprint density at radius 2 is 2.11 bits per heavy atom. The van der Waals surface area contributed by atoms with Crippen molar-refractivity contribution in [2.45, 2.75) is 39.2 Å². The van der Waals surface area contributed by atoms with E-state index in [9.17, 15) is 4.79 Å². The van der Waals surface area contributed by atoms with Crippen LogP contribution in [-0.4, -0.2) is 44.5 Å². The van der Waals surface area contributed by atoms with Crippen LogP contribution in [0.3, 0.4) is 0 Å². The molecule has 0 saturated carbocycles. The number of rotatable bonds is 2. The summed E-state index contributed by atoms with van der Waals surface area (Å²) in [5.41, 5.74) is -0.137. The summed E-state index contributed by atoms with van der Waals surface area (Å²) in [7, 11) is 0. The topological polar surface area (TPSA) is 59.6 Å². The number of ether oxygens (including phenoxy) is 2. The van der Waals surface area contributed by atoms with Crippen LogP contribution in [0.2, 0.25) is 0 Å². The molecule has 1 amide bonds. The van der Waals surface area contributed by atoms with Crippen molar-refractivity contribution in [3.05, 3.63) is 0 Å². The van der Waals surface area contributed by atoms with Crippen LogP contribution in [0.25, 0.3) is 0 Å². The standard InChI is InChI=1S/C14H26N2O3/c1-13(2,3)19-12(17)16-9-11-8-15-10-14(11)4-6-18-7-5-14/h11,15H,4-10H2,1-3H3,(H,16,17). The van der Waals surface area contributed by atoms with E-state index in [0.717, 1.165) is 39.1 Å². The molecule has 0 aromatic rings. The SMILES string of the molecule is CC(C)(C)OC(=O)NCC1CNCC12CCOCC2. The third-order valence-corrected chi connectivity index (χ3v) is 4.11. The Morgan fingerprint density at radius 1 is 1.42 bits per heavy atom. The van der Waals surface area contributed by atoms with Gasteiger partial charge in [-0.25, -0.2) is 4.79 Å². The Morgan fingerprint density at radius 3 is 2.74 bits per heavy atom. The van der Waals surface area contributed by atoms with Crippen molar-refractivity contribution in [3.8, 4) is 0 Å². The summed E-state index contributed by atoms with van der Waals surface area (Å²) in [5, 5.41) is 6.37. The first-order valence-electron chi connectivity index (χ1n) is 7.17. The van der Waals surface area contributed by atoms with E-state index in [0.29, 0.717) is 17.9 Å². The molecule has 0 bridgehead atoms. The maximum atomic E-state index is 11.7. The summed E-state index contributed by atoms with van der Waals surface area (Å²) in [4.78, 5) is 11.7. The Bertz CT molecular complexity index is 319. The largest absolute Gasteiger partial charge is 0.444 e. The lowest BCUT2D eigenvalue weighted by Gasteiger charge is -2.38. The molecule has 1 atom stereocenters. The third-order valence-electron chi connectivity index (χ3n) is 4.11. The predicted molar refractivity (Wildman–Crippen MR) is 73.1 cm³/mol. The van der Waals surface area contributed by atoms with Gasteiger partial charge < -0.3 is 20.1 Å². The molecule has 2 heterocycles. The van der Waals surface area contributed by atoms with Crippen molar-refractivity contribution >= 4 is 6.09 Å². The highest BCUT2D eigenvalue weighted by Crippen LogP contribution is 2.40. The van der Waals surface area contributed by atoms with E-state index in [-0.39, 0.29) is 6.09 Å². The Balaban J connectivity index is 1.83. The molecule has 0 radical (unpaired) electrons. The maximum Gasteiger partial charge on any atom is 0.407 e. The zero-order valence-corrected chi connectivity index (χ0v) is 12.3. The molecule has 110 valence electrons. The normalized spacial score (nSPS) is 26.4. The van der Waals surface area contributed by atoms with Crippen LogP contribution in [0.15, 0.2) is 0 Å². The average Bonchev–Trinajstić information content (AvgIpc) is 2.68. The van der Waals surface area contributed by atoms with Crippen LogP contribution >= 0.6 is 0 Å². The highest BCUT2D eigenvalue weighted by atomic mass is 16.6. The van der Waals surface area contributed by atoms with Gasteiger partial charge >= 0.3 is 6.09 Å². The first kappa shape index (κ1) is 14.6. The Hall–Kier alpha value is -0.810. The number of carbonyl (C=O) groups excluding carboxylic acids is 1. The van der Waals surface area contributed by atoms with Crippen LogP contribution in [-0.2, 0) is 9.47 Å². The molecule has 1 spiro atoms. The van der Waals surface area contributed by atoms with Gasteiger partial charge in [-0.1, -0.05) is 0 Å². The molecule has 2 saturated heterocycles. The number of carbonyl (C=O) groups is 1. The molecular formula is C14H26N2O3. The lowest BCUT2D eigenvalue weighted by Crippen LogP contribution is -2.43. The van der Waals surface area contributed by atoms with Crippen LogP contribution in [0.5, 0.6) is 0 Å². The van der Waals surface area contributed by atoms with E-state index in [2.05, 4.69) is 10.6 Å². The van der Waals surface area contributed by atoms with Crippen LogP contribution in [0.1, 0.15) is 33.6 Å². The Labute approximate surface area is 115 Å². The van der Waals surface area contributed by atoms with Crippen molar-refractivity contribution in [3.63, 3.8) is 0 Å². The number of nitrogens with one attached hydrogen (secondary N) is 2. The van der Waals surface area contributed by atoms with Gasteiger partial charge in [0, 0.05) is 32.8 Å². The minimum Gasteiger partial charge on any atom is -0.444 e. The highest BCUT2D eigenvalue weighted by molar-refractivity contribution is 5.67. The second-order valence-corrected chi connectivity index (χ2v) is 6.69. The molecular weight excluding hydrogens is 244 g/mol. The van der Waals surface area contributed by atoms with Gasteiger partial charge in [0.25, 0.3) is 0 Å². The quantitative estimate of drug-likeness (QED) is 0.799. The second-order valence-electron chi connectivity index (χ2n) is 6.69. The molecule has 2 rings (SSSR count). The number of alkyl carbamates (subject to hydrolysis) is 1. The van der Waals surface area contributed by atoms with Crippen LogP contribution in [0.4, 0.5) is 4.79 Å². The molecule has 2 N–H and O–H groups in total. The molecule has 2 aliphatic rings. The molecule has 0 aromatic carbocycles. The fourth-order valence-electron chi connectivity index (χ4n) is 3.03. The molecule has 2 fully saturated rings. The van der Waals surface area contributed by atoms with Gasteiger partial charge in [-0.2, -0.15) is 0 Å². The molecule has 5 heteroatoms. The van der Waals surface area contributed by atoms with Crippen molar-refractivity contribution in [1.82, 2.24) is 10.6 Å². The summed E-state index contributed by atoms with van der Waals surface area (Å²) < 4.78 is 10.7. The van der Waals surface area contributed by atoms with Gasteiger partial charge in [0.1, 0.15) is 5.60 Å². The fraction of sp³-hybridized carbons (Fsp3) is 0.929. The number of hydrogen-bond acceptors (Lipinski definition) is 4. The molecule has 0 aromatic heterocycles. The minimum atomic E-state index is -0.436. The van der Waals surface area contributed by atoms with Crippen molar-refractivity contribution < 1.29 is 14.3 Å². The maximum absolute atomic E-state index is 11.7. The van der Waals surface area contributed by atoms with Gasteiger partial charge in [-0.05, 0) is 44.9 Å². The van der Waals surface area contributed by atoms with Crippen molar-refractivity contribution in [2.75, 3.05) is 32.8 Å². The number of hydrogen-bond donors (Lipinski definition) is 2. The smallest absolute Gasteiger partial charge is 0.407 e. The minimum absolute atomic E-state index is 0.299. The first-order valence-corrected chi connectivity index (χ1v) is 7.17. The van der Waals surface area contributed by atoms with Gasteiger partial charge in [0.2, 0.25) is 0 Å². The van der Waals surface area contributed by atoms with Crippen molar-refractivity contribution in [2.24, 2.45) is 11.3 Å². The summed E-state index contributed by atoms with van der Waals surface area (Å²) in [6.07, 6.45) is 1.85. The van der Waals surface area contributed by atoms with E-state index >= 15 is 0 Å². The van der Waals surface area contributed by atoms with Gasteiger partial charge in [0.15, 0.2) is 0 Å². The predicted octanol–water partition coefficient (Wildman–Crippen LogP) is 1.53. The lowest BCUT2D eigenvalue weighted by atomic mass is 9.72. The zero-order chi connectivity index (χ0) is 13.9. The summed E-state index contributed by atoms with van der Waals surface area (Å²) >= 11 is 0. The van der Waals surface area contributed by atoms with Gasteiger partial charge in [-0.3, -0.25) is 0 Å². The first-order chi connectivity index (χ1) is 8.91.